The number of carbonyl (C=O) groups excluding carboxylic acids is 1. The maximum atomic E-state index is 12.6. The van der Waals surface area contributed by atoms with E-state index in [2.05, 4.69) is 15.8 Å². The first-order valence-corrected chi connectivity index (χ1v) is 10.4. The fourth-order valence-electron chi connectivity index (χ4n) is 3.42. The molecule has 1 aromatic carbocycles. The molecule has 30 heavy (non-hydrogen) atoms. The van der Waals surface area contributed by atoms with E-state index in [9.17, 15) is 14.9 Å². The SMILES string of the molecule is C/C(=N\OCCN)c1cccc(C(C)(C)NC(=O)NC2CCC(Cl)C([N+](=O)[O-])C2)c1. The molecule has 9 nitrogen and oxygen atoms in total. The van der Waals surface area contributed by atoms with Gasteiger partial charge in [-0.05, 0) is 50.8 Å². The second-order valence-electron chi connectivity index (χ2n) is 7.98. The summed E-state index contributed by atoms with van der Waals surface area (Å²) in [6.45, 7) is 6.34. The molecule has 166 valence electrons. The van der Waals surface area contributed by atoms with Gasteiger partial charge in [0, 0.05) is 23.9 Å². The molecule has 0 radical (unpaired) electrons. The number of alkyl halides is 1. The first-order chi connectivity index (χ1) is 14.1. The average molecular weight is 440 g/mol. The molecule has 0 saturated heterocycles. The monoisotopic (exact) mass is 439 g/mol. The zero-order valence-corrected chi connectivity index (χ0v) is 18.3. The minimum atomic E-state index is -0.848. The van der Waals surface area contributed by atoms with Crippen molar-refractivity contribution < 1.29 is 14.6 Å². The molecule has 3 unspecified atom stereocenters. The summed E-state index contributed by atoms with van der Waals surface area (Å²) < 4.78 is 0. The first-order valence-electron chi connectivity index (χ1n) is 9.98. The minimum Gasteiger partial charge on any atom is -0.394 e. The zero-order valence-electron chi connectivity index (χ0n) is 17.6. The number of halogens is 1. The summed E-state index contributed by atoms with van der Waals surface area (Å²) in [5.41, 5.74) is 7.18. The fourth-order valence-corrected chi connectivity index (χ4v) is 3.74. The second-order valence-corrected chi connectivity index (χ2v) is 8.54. The third-order valence-electron chi connectivity index (χ3n) is 5.18. The quantitative estimate of drug-likeness (QED) is 0.188. The summed E-state index contributed by atoms with van der Waals surface area (Å²) in [4.78, 5) is 28.5. The van der Waals surface area contributed by atoms with E-state index in [1.165, 1.54) is 0 Å². The molecule has 2 rings (SSSR count). The highest BCUT2D eigenvalue weighted by Gasteiger charge is 2.38. The number of nitrogens with two attached hydrogens (primary N) is 1. The maximum absolute atomic E-state index is 12.6. The van der Waals surface area contributed by atoms with Crippen LogP contribution in [0.4, 0.5) is 4.79 Å². The Balaban J connectivity index is 2.02. The van der Waals surface area contributed by atoms with Crippen molar-refractivity contribution in [2.75, 3.05) is 13.2 Å². The van der Waals surface area contributed by atoms with Crippen molar-refractivity contribution in [2.45, 2.75) is 63.0 Å². The number of rotatable bonds is 8. The maximum Gasteiger partial charge on any atom is 0.315 e. The van der Waals surface area contributed by atoms with Gasteiger partial charge in [-0.1, -0.05) is 23.4 Å². The number of nitrogens with one attached hydrogen (secondary N) is 2. The molecule has 10 heteroatoms. The molecule has 0 spiro atoms. The van der Waals surface area contributed by atoms with E-state index in [-0.39, 0.29) is 23.4 Å². The van der Waals surface area contributed by atoms with E-state index in [4.69, 9.17) is 22.2 Å². The van der Waals surface area contributed by atoms with E-state index in [1.54, 1.807) is 0 Å². The van der Waals surface area contributed by atoms with Gasteiger partial charge in [-0.2, -0.15) is 0 Å². The molecule has 2 amide bonds. The summed E-state index contributed by atoms with van der Waals surface area (Å²) in [7, 11) is 0. The minimum absolute atomic E-state index is 0.225. The van der Waals surface area contributed by atoms with Crippen molar-refractivity contribution >= 4 is 23.3 Å². The molecule has 1 aliphatic rings. The Morgan fingerprint density at radius 3 is 2.83 bits per heavy atom. The van der Waals surface area contributed by atoms with Crippen LogP contribution in [-0.2, 0) is 10.4 Å². The number of carbonyl (C=O) groups is 1. The van der Waals surface area contributed by atoms with Crippen LogP contribution in [0.3, 0.4) is 0 Å². The molecule has 1 aliphatic carbocycles. The summed E-state index contributed by atoms with van der Waals surface area (Å²) in [6, 6.07) is 6.14. The highest BCUT2D eigenvalue weighted by atomic mass is 35.5. The van der Waals surface area contributed by atoms with Gasteiger partial charge >= 0.3 is 6.03 Å². The van der Waals surface area contributed by atoms with Crippen LogP contribution in [0.2, 0.25) is 0 Å². The highest BCUT2D eigenvalue weighted by Crippen LogP contribution is 2.26. The lowest BCUT2D eigenvalue weighted by atomic mass is 9.90. The normalized spacial score (nSPS) is 22.3. The van der Waals surface area contributed by atoms with Crippen LogP contribution in [0.1, 0.15) is 51.2 Å². The van der Waals surface area contributed by atoms with Crippen LogP contribution in [-0.4, -0.2) is 47.3 Å². The zero-order chi connectivity index (χ0) is 22.3. The van der Waals surface area contributed by atoms with Gasteiger partial charge in [0.2, 0.25) is 6.04 Å². The van der Waals surface area contributed by atoms with Gasteiger partial charge in [-0.3, -0.25) is 10.1 Å². The Kier molecular flexibility index (Phi) is 8.43. The topological polar surface area (TPSA) is 132 Å². The number of hydrogen-bond acceptors (Lipinski definition) is 6. The predicted octanol–water partition coefficient (Wildman–Crippen LogP) is 2.73. The number of benzene rings is 1. The number of nitrogens with zero attached hydrogens (tertiary/aromatic N) is 2. The van der Waals surface area contributed by atoms with E-state index in [0.717, 1.165) is 11.1 Å². The van der Waals surface area contributed by atoms with Crippen LogP contribution in [0.25, 0.3) is 0 Å². The Labute approximate surface area is 181 Å². The van der Waals surface area contributed by atoms with Crippen molar-refractivity contribution in [1.82, 2.24) is 10.6 Å². The van der Waals surface area contributed by atoms with Gasteiger partial charge in [0.25, 0.3) is 0 Å². The lowest BCUT2D eigenvalue weighted by molar-refractivity contribution is -0.525. The summed E-state index contributed by atoms with van der Waals surface area (Å²) in [6.07, 6.45) is 1.33. The van der Waals surface area contributed by atoms with Gasteiger partial charge < -0.3 is 21.2 Å². The predicted molar refractivity (Wildman–Crippen MR) is 116 cm³/mol. The second kappa shape index (κ2) is 10.6. The standard InChI is InChI=1S/C20H30ClN5O4/c1-13(25-30-10-9-22)14-5-4-6-15(11-14)20(2,3)24-19(27)23-16-7-8-17(21)18(12-16)26(28)29/h4-6,11,16-18H,7-10,12,22H2,1-3H3,(H2,23,24,27)/b25-13+. The van der Waals surface area contributed by atoms with Gasteiger partial charge in [0.1, 0.15) is 12.0 Å². The molecule has 1 saturated carbocycles. The molecular formula is C20H30ClN5O4. The van der Waals surface area contributed by atoms with Crippen LogP contribution in [0.5, 0.6) is 0 Å². The molecule has 1 aromatic rings. The van der Waals surface area contributed by atoms with Crippen LogP contribution >= 0.6 is 11.6 Å². The number of urea groups is 1. The molecular weight excluding hydrogens is 410 g/mol. The Morgan fingerprint density at radius 1 is 1.43 bits per heavy atom. The van der Waals surface area contributed by atoms with E-state index >= 15 is 0 Å². The summed E-state index contributed by atoms with van der Waals surface area (Å²) >= 11 is 6.05. The number of oxime groups is 1. The molecule has 0 bridgehead atoms. The molecule has 0 aromatic heterocycles. The van der Waals surface area contributed by atoms with Crippen molar-refractivity contribution in [3.05, 3.63) is 45.5 Å². The van der Waals surface area contributed by atoms with Gasteiger partial charge in [0.05, 0.1) is 11.3 Å². The lowest BCUT2D eigenvalue weighted by Crippen LogP contribution is -2.52. The largest absolute Gasteiger partial charge is 0.394 e. The Morgan fingerprint density at radius 2 is 2.17 bits per heavy atom. The van der Waals surface area contributed by atoms with Crippen LogP contribution in [0.15, 0.2) is 29.4 Å². The first kappa shape index (κ1) is 23.9. The van der Waals surface area contributed by atoms with Crippen LogP contribution < -0.4 is 16.4 Å². The Hall–Kier alpha value is -2.39. The third-order valence-corrected chi connectivity index (χ3v) is 5.69. The molecule has 0 heterocycles. The van der Waals surface area contributed by atoms with E-state index < -0.39 is 17.0 Å². The molecule has 1 fully saturated rings. The third kappa shape index (κ3) is 6.56. The van der Waals surface area contributed by atoms with Crippen LogP contribution in [0, 0.1) is 10.1 Å². The number of amides is 2. The van der Waals surface area contributed by atoms with Gasteiger partial charge in [0.15, 0.2) is 0 Å². The van der Waals surface area contributed by atoms with Crippen molar-refractivity contribution in [1.29, 1.82) is 0 Å². The fraction of sp³-hybridized carbons (Fsp3) is 0.600. The molecule has 4 N–H and O–H groups in total. The van der Waals surface area contributed by atoms with Crippen molar-refractivity contribution in [3.63, 3.8) is 0 Å². The van der Waals surface area contributed by atoms with E-state index in [1.807, 2.05) is 45.0 Å². The molecule has 3 atom stereocenters. The summed E-state index contributed by atoms with van der Waals surface area (Å²) in [5, 5.41) is 20.5. The number of hydrogen-bond donors (Lipinski definition) is 3. The highest BCUT2D eigenvalue weighted by molar-refractivity contribution is 6.21. The number of nitro groups is 1. The molecule has 0 aliphatic heterocycles. The van der Waals surface area contributed by atoms with Gasteiger partial charge in [-0.25, -0.2) is 4.79 Å². The smallest absolute Gasteiger partial charge is 0.315 e. The summed E-state index contributed by atoms with van der Waals surface area (Å²) in [5.74, 6) is 0. The van der Waals surface area contributed by atoms with Crippen molar-refractivity contribution in [3.8, 4) is 0 Å². The van der Waals surface area contributed by atoms with Gasteiger partial charge in [-0.15, -0.1) is 11.6 Å². The average Bonchev–Trinajstić information content (AvgIpc) is 2.69. The van der Waals surface area contributed by atoms with Crippen molar-refractivity contribution in [2.24, 2.45) is 10.9 Å². The Bertz CT molecular complexity index is 786. The van der Waals surface area contributed by atoms with E-state index in [0.29, 0.717) is 31.7 Å². The lowest BCUT2D eigenvalue weighted by Gasteiger charge is -2.31.